The second-order valence-electron chi connectivity index (χ2n) is 3.16. The minimum absolute atomic E-state index is 0.0494. The molecule has 0 saturated heterocycles. The molecule has 0 atom stereocenters. The average molecular weight is 247 g/mol. The van der Waals surface area contributed by atoms with Crippen LogP contribution in [-0.2, 0) is 6.18 Å². The van der Waals surface area contributed by atoms with Crippen molar-refractivity contribution in [2.45, 2.75) is 6.18 Å². The highest BCUT2D eigenvalue weighted by Crippen LogP contribution is 2.37. The van der Waals surface area contributed by atoms with Crippen LogP contribution in [0.2, 0.25) is 0 Å². The Morgan fingerprint density at radius 1 is 1.41 bits per heavy atom. The zero-order valence-electron chi connectivity index (χ0n) is 8.49. The molecule has 0 fully saturated rings. The quantitative estimate of drug-likeness (QED) is 0.891. The van der Waals surface area contributed by atoms with Crippen molar-refractivity contribution in [2.24, 2.45) is 5.73 Å². The maximum atomic E-state index is 12.7. The van der Waals surface area contributed by atoms with Crippen molar-refractivity contribution in [2.75, 3.05) is 13.2 Å². The molecule has 92 valence electrons. The van der Waals surface area contributed by atoms with Gasteiger partial charge in [0.15, 0.2) is 0 Å². The minimum Gasteiger partial charge on any atom is -0.474 e. The predicted molar refractivity (Wildman–Crippen MR) is 51.4 cm³/mol. The highest BCUT2D eigenvalue weighted by molar-refractivity contribution is 5.83. The molecule has 0 aromatic carbocycles. The first kappa shape index (κ1) is 11.6. The van der Waals surface area contributed by atoms with Gasteiger partial charge in [0.25, 0.3) is 11.6 Å². The molecule has 0 aliphatic carbocycles. The third kappa shape index (κ3) is 2.16. The summed E-state index contributed by atoms with van der Waals surface area (Å²) in [6.07, 6.45) is -3.52. The van der Waals surface area contributed by atoms with Crippen molar-refractivity contribution in [3.05, 3.63) is 17.8 Å². The van der Waals surface area contributed by atoms with Crippen LogP contribution in [0.3, 0.4) is 0 Å². The van der Waals surface area contributed by atoms with E-state index in [-0.39, 0.29) is 30.1 Å². The third-order valence-electron chi connectivity index (χ3n) is 2.01. The van der Waals surface area contributed by atoms with Gasteiger partial charge in [-0.2, -0.15) is 13.2 Å². The highest BCUT2D eigenvalue weighted by atomic mass is 19.4. The van der Waals surface area contributed by atoms with Crippen molar-refractivity contribution >= 4 is 11.1 Å². The molecule has 0 saturated carbocycles. The molecule has 2 aromatic rings. The molecule has 2 aromatic heterocycles. The fourth-order valence-electron chi connectivity index (χ4n) is 1.34. The molecule has 8 heteroatoms. The molecule has 2 N–H and O–H groups in total. The Bertz CT molecular complexity index is 524. The molecule has 17 heavy (non-hydrogen) atoms. The molecule has 0 radical (unpaired) electrons. The molecule has 0 spiro atoms. The van der Waals surface area contributed by atoms with Crippen LogP contribution in [0.5, 0.6) is 5.88 Å². The monoisotopic (exact) mass is 247 g/mol. The zero-order chi connectivity index (χ0) is 12.5. The molecule has 0 aliphatic heterocycles. The summed E-state index contributed by atoms with van der Waals surface area (Å²) < 4.78 is 47.8. The van der Waals surface area contributed by atoms with Crippen molar-refractivity contribution in [3.8, 4) is 5.88 Å². The van der Waals surface area contributed by atoms with E-state index >= 15 is 0 Å². The largest absolute Gasteiger partial charge is 0.474 e. The Balaban J connectivity index is 2.56. The van der Waals surface area contributed by atoms with E-state index in [4.69, 9.17) is 10.5 Å². The van der Waals surface area contributed by atoms with Crippen LogP contribution >= 0.6 is 0 Å². The molecular formula is C9H8F3N3O2. The SMILES string of the molecule is NCCOc1noc2nccc(C(F)(F)F)c12. The number of pyridine rings is 1. The lowest BCUT2D eigenvalue weighted by molar-refractivity contribution is -0.136. The Morgan fingerprint density at radius 3 is 2.82 bits per heavy atom. The van der Waals surface area contributed by atoms with Gasteiger partial charge in [-0.05, 0) is 11.2 Å². The summed E-state index contributed by atoms with van der Waals surface area (Å²) in [5.41, 5.74) is 4.08. The first-order valence-corrected chi connectivity index (χ1v) is 4.68. The van der Waals surface area contributed by atoms with Crippen LogP contribution < -0.4 is 10.5 Å². The zero-order valence-corrected chi connectivity index (χ0v) is 8.49. The smallest absolute Gasteiger partial charge is 0.417 e. The molecule has 0 bridgehead atoms. The molecule has 5 nitrogen and oxygen atoms in total. The molecule has 0 aliphatic rings. The van der Waals surface area contributed by atoms with Gasteiger partial charge in [-0.25, -0.2) is 4.98 Å². The van der Waals surface area contributed by atoms with E-state index in [0.717, 1.165) is 12.3 Å². The Morgan fingerprint density at radius 2 is 2.18 bits per heavy atom. The topological polar surface area (TPSA) is 74.2 Å². The number of alkyl halides is 3. The summed E-state index contributed by atoms with van der Waals surface area (Å²) in [5, 5.41) is 3.11. The fourth-order valence-corrected chi connectivity index (χ4v) is 1.34. The van der Waals surface area contributed by atoms with Gasteiger partial charge in [0.2, 0.25) is 0 Å². The summed E-state index contributed by atoms with van der Waals surface area (Å²) in [5.74, 6) is -0.245. The van der Waals surface area contributed by atoms with Gasteiger partial charge in [-0.15, -0.1) is 0 Å². The van der Waals surface area contributed by atoms with E-state index < -0.39 is 11.7 Å². The van der Waals surface area contributed by atoms with Gasteiger partial charge >= 0.3 is 6.18 Å². The van der Waals surface area contributed by atoms with Crippen LogP contribution in [0, 0.1) is 0 Å². The van der Waals surface area contributed by atoms with Crippen molar-refractivity contribution in [3.63, 3.8) is 0 Å². The number of aromatic nitrogens is 2. The second-order valence-corrected chi connectivity index (χ2v) is 3.16. The fraction of sp³-hybridized carbons (Fsp3) is 0.333. The van der Waals surface area contributed by atoms with Gasteiger partial charge in [-0.1, -0.05) is 0 Å². The summed E-state index contributed by atoms with van der Waals surface area (Å²) in [6.45, 7) is 0.212. The molecule has 2 rings (SSSR count). The van der Waals surface area contributed by atoms with E-state index in [2.05, 4.69) is 14.7 Å². The Hall–Kier alpha value is -1.83. The van der Waals surface area contributed by atoms with E-state index in [1.165, 1.54) is 0 Å². The molecule has 0 amide bonds. The number of halogens is 3. The summed E-state index contributed by atoms with van der Waals surface area (Å²) in [6, 6.07) is 0.842. The second kappa shape index (κ2) is 4.21. The van der Waals surface area contributed by atoms with Crippen LogP contribution in [0.15, 0.2) is 16.8 Å². The van der Waals surface area contributed by atoms with Crippen molar-refractivity contribution in [1.29, 1.82) is 0 Å². The molecular weight excluding hydrogens is 239 g/mol. The summed E-state index contributed by atoms with van der Waals surface area (Å²) in [4.78, 5) is 3.64. The maximum absolute atomic E-state index is 12.7. The maximum Gasteiger partial charge on any atom is 0.417 e. The van der Waals surface area contributed by atoms with E-state index in [1.807, 2.05) is 0 Å². The van der Waals surface area contributed by atoms with Crippen molar-refractivity contribution < 1.29 is 22.4 Å². The highest BCUT2D eigenvalue weighted by Gasteiger charge is 2.35. The number of nitrogens with two attached hydrogens (primary N) is 1. The Labute approximate surface area is 93.3 Å². The predicted octanol–water partition coefficient (Wildman–Crippen LogP) is 1.58. The van der Waals surface area contributed by atoms with Gasteiger partial charge in [0, 0.05) is 12.7 Å². The van der Waals surface area contributed by atoms with Crippen molar-refractivity contribution in [1.82, 2.24) is 10.1 Å². The molecule has 2 heterocycles. The average Bonchev–Trinajstić information content (AvgIpc) is 2.68. The van der Waals surface area contributed by atoms with E-state index in [9.17, 15) is 13.2 Å². The lowest BCUT2D eigenvalue weighted by Gasteiger charge is -2.07. The van der Waals surface area contributed by atoms with Crippen LogP contribution in [0.4, 0.5) is 13.2 Å². The summed E-state index contributed by atoms with van der Waals surface area (Å²) in [7, 11) is 0. The lowest BCUT2D eigenvalue weighted by Crippen LogP contribution is -2.12. The molecule has 0 unspecified atom stereocenters. The lowest BCUT2D eigenvalue weighted by atomic mass is 10.2. The van der Waals surface area contributed by atoms with Gasteiger partial charge in [-0.3, -0.25) is 0 Å². The van der Waals surface area contributed by atoms with E-state index in [0.29, 0.717) is 0 Å². The Kier molecular flexibility index (Phi) is 2.88. The third-order valence-corrected chi connectivity index (χ3v) is 2.01. The standard InChI is InChI=1S/C9H8F3N3O2/c10-9(11,12)5-1-3-14-7-6(5)8(15-17-7)16-4-2-13/h1,3H,2,4,13H2. The van der Waals surface area contributed by atoms with E-state index in [1.54, 1.807) is 0 Å². The number of hydrogen-bond donors (Lipinski definition) is 1. The number of fused-ring (bicyclic) bond motifs is 1. The first-order valence-electron chi connectivity index (χ1n) is 4.68. The number of hydrogen-bond acceptors (Lipinski definition) is 5. The number of nitrogens with zero attached hydrogens (tertiary/aromatic N) is 2. The van der Waals surface area contributed by atoms with Crippen LogP contribution in [0.25, 0.3) is 11.1 Å². The number of rotatable bonds is 3. The van der Waals surface area contributed by atoms with Crippen LogP contribution in [0.1, 0.15) is 5.56 Å². The van der Waals surface area contributed by atoms with Gasteiger partial charge in [0.1, 0.15) is 12.0 Å². The number of ether oxygens (including phenoxy) is 1. The minimum atomic E-state index is -4.52. The first-order chi connectivity index (χ1) is 8.04. The van der Waals surface area contributed by atoms with Crippen LogP contribution in [-0.4, -0.2) is 23.3 Å². The normalized spacial score (nSPS) is 12.0. The summed E-state index contributed by atoms with van der Waals surface area (Å²) >= 11 is 0. The van der Waals surface area contributed by atoms with Gasteiger partial charge in [0.05, 0.1) is 5.56 Å². The van der Waals surface area contributed by atoms with Gasteiger partial charge < -0.3 is 15.0 Å².